The number of hydrogen-bond acceptors (Lipinski definition) is 1. The van der Waals surface area contributed by atoms with Gasteiger partial charge in [-0.3, -0.25) is 0 Å². The smallest absolute Gasteiger partial charge is 0.155 e. The van der Waals surface area contributed by atoms with Crippen LogP contribution in [0.1, 0.15) is 13.8 Å². The summed E-state index contributed by atoms with van der Waals surface area (Å²) in [6.07, 6.45) is 0.940. The van der Waals surface area contributed by atoms with Gasteiger partial charge in [0.15, 0.2) is 5.83 Å². The second-order valence-electron chi connectivity index (χ2n) is 1.77. The Bertz CT molecular complexity index is 150. The molecule has 0 aromatic heterocycles. The van der Waals surface area contributed by atoms with Crippen molar-refractivity contribution in [3.05, 3.63) is 23.4 Å². The molecule has 9 heavy (non-hydrogen) atoms. The first-order chi connectivity index (χ1) is 4.04. The topological polar surface area (TPSA) is 26.0 Å². The highest BCUT2D eigenvalue weighted by atomic mass is 19.2. The van der Waals surface area contributed by atoms with Crippen molar-refractivity contribution in [2.75, 3.05) is 0 Å². The van der Waals surface area contributed by atoms with Gasteiger partial charge in [-0.15, -0.1) is 0 Å². The highest BCUT2D eigenvalue weighted by Gasteiger charge is 1.94. The maximum Gasteiger partial charge on any atom is 0.155 e. The van der Waals surface area contributed by atoms with E-state index in [0.717, 1.165) is 13.0 Å². The van der Waals surface area contributed by atoms with Crippen molar-refractivity contribution in [2.45, 2.75) is 13.8 Å². The summed E-state index contributed by atoms with van der Waals surface area (Å²) in [5.41, 5.74) is 5.31. The van der Waals surface area contributed by atoms with Crippen molar-refractivity contribution >= 4 is 0 Å². The maximum atomic E-state index is 12.1. The summed E-state index contributed by atoms with van der Waals surface area (Å²) in [5.74, 6) is -1.75. The Labute approximate surface area is 52.9 Å². The van der Waals surface area contributed by atoms with E-state index in [1.165, 1.54) is 6.92 Å². The van der Waals surface area contributed by atoms with E-state index < -0.39 is 11.7 Å². The van der Waals surface area contributed by atoms with Gasteiger partial charge in [-0.25, -0.2) is 8.78 Å². The zero-order chi connectivity index (χ0) is 7.44. The SMILES string of the molecule is C/C(F)=C(F)\C=C(/C)N. The molecule has 0 radical (unpaired) electrons. The van der Waals surface area contributed by atoms with Crippen LogP contribution in [0.25, 0.3) is 0 Å². The van der Waals surface area contributed by atoms with Crippen molar-refractivity contribution in [1.82, 2.24) is 0 Å². The van der Waals surface area contributed by atoms with E-state index in [9.17, 15) is 8.78 Å². The highest BCUT2D eigenvalue weighted by molar-refractivity contribution is 5.16. The summed E-state index contributed by atoms with van der Waals surface area (Å²) in [5, 5.41) is 0. The number of hydrogen-bond donors (Lipinski definition) is 1. The first kappa shape index (κ1) is 8.14. The minimum absolute atomic E-state index is 0.254. The summed E-state index contributed by atoms with van der Waals surface area (Å²) < 4.78 is 24.0. The van der Waals surface area contributed by atoms with Crippen LogP contribution in [0.15, 0.2) is 23.4 Å². The van der Waals surface area contributed by atoms with Crippen molar-refractivity contribution in [1.29, 1.82) is 0 Å². The standard InChI is InChI=1S/C6H9F2N/c1-4(9)3-6(8)5(2)7/h3H,9H2,1-2H3/b4-3+,6-5-. The highest BCUT2D eigenvalue weighted by Crippen LogP contribution is 2.08. The average molecular weight is 133 g/mol. The summed E-state index contributed by atoms with van der Waals surface area (Å²) in [6.45, 7) is 2.53. The summed E-state index contributed by atoms with van der Waals surface area (Å²) >= 11 is 0. The minimum atomic E-state index is -0.907. The predicted molar refractivity (Wildman–Crippen MR) is 32.9 cm³/mol. The van der Waals surface area contributed by atoms with Crippen LogP contribution < -0.4 is 5.73 Å². The maximum absolute atomic E-state index is 12.1. The molecular weight excluding hydrogens is 124 g/mol. The van der Waals surface area contributed by atoms with Gasteiger partial charge in [-0.1, -0.05) is 0 Å². The Morgan fingerprint density at radius 3 is 1.89 bits per heavy atom. The molecular formula is C6H9F2N. The van der Waals surface area contributed by atoms with E-state index >= 15 is 0 Å². The van der Waals surface area contributed by atoms with Crippen LogP contribution in [0.5, 0.6) is 0 Å². The van der Waals surface area contributed by atoms with Crippen LogP contribution in [0.2, 0.25) is 0 Å². The average Bonchev–Trinajstić information content (AvgIpc) is 1.63. The molecule has 0 aliphatic carbocycles. The van der Waals surface area contributed by atoms with Gasteiger partial charge < -0.3 is 5.73 Å². The van der Waals surface area contributed by atoms with Crippen LogP contribution in [0.3, 0.4) is 0 Å². The molecule has 0 aliphatic rings. The second kappa shape index (κ2) is 3.22. The fourth-order valence-electron chi connectivity index (χ4n) is 0.299. The van der Waals surface area contributed by atoms with Crippen LogP contribution in [-0.4, -0.2) is 0 Å². The third-order valence-corrected chi connectivity index (χ3v) is 0.683. The lowest BCUT2D eigenvalue weighted by Crippen LogP contribution is -1.89. The fourth-order valence-corrected chi connectivity index (χ4v) is 0.299. The first-order valence-electron chi connectivity index (χ1n) is 2.49. The lowest BCUT2D eigenvalue weighted by atomic mass is 10.4. The minimum Gasteiger partial charge on any atom is -0.402 e. The normalized spacial score (nSPS) is 15.3. The van der Waals surface area contributed by atoms with Gasteiger partial charge in [0.05, 0.1) is 0 Å². The molecule has 3 heteroatoms. The Morgan fingerprint density at radius 1 is 1.33 bits per heavy atom. The third kappa shape index (κ3) is 3.70. The van der Waals surface area contributed by atoms with E-state index in [2.05, 4.69) is 0 Å². The molecule has 0 aromatic carbocycles. The molecule has 1 nitrogen and oxygen atoms in total. The number of nitrogens with two attached hydrogens (primary N) is 1. The van der Waals surface area contributed by atoms with Gasteiger partial charge in [-0.2, -0.15) is 0 Å². The number of rotatable bonds is 1. The lowest BCUT2D eigenvalue weighted by molar-refractivity contribution is 0.554. The molecule has 0 rings (SSSR count). The Balaban J connectivity index is 4.25. The van der Waals surface area contributed by atoms with Crippen molar-refractivity contribution < 1.29 is 8.78 Å². The Morgan fingerprint density at radius 2 is 1.78 bits per heavy atom. The molecule has 0 aliphatic heterocycles. The zero-order valence-corrected chi connectivity index (χ0v) is 5.41. The predicted octanol–water partition coefficient (Wildman–Crippen LogP) is 2.02. The molecule has 0 fully saturated rings. The van der Waals surface area contributed by atoms with Gasteiger partial charge in [0, 0.05) is 5.70 Å². The Kier molecular flexibility index (Phi) is 2.91. The van der Waals surface area contributed by atoms with Gasteiger partial charge in [0.1, 0.15) is 5.83 Å². The molecule has 2 N–H and O–H groups in total. The second-order valence-corrected chi connectivity index (χ2v) is 1.77. The lowest BCUT2D eigenvalue weighted by Gasteiger charge is -1.88. The third-order valence-electron chi connectivity index (χ3n) is 0.683. The number of halogens is 2. The molecule has 0 heterocycles. The quantitative estimate of drug-likeness (QED) is 0.544. The summed E-state index contributed by atoms with van der Waals surface area (Å²) in [7, 11) is 0. The van der Waals surface area contributed by atoms with Crippen molar-refractivity contribution in [3.8, 4) is 0 Å². The molecule has 0 aromatic rings. The van der Waals surface area contributed by atoms with Crippen LogP contribution in [0.4, 0.5) is 8.78 Å². The van der Waals surface area contributed by atoms with E-state index in [0.29, 0.717) is 0 Å². The first-order valence-corrected chi connectivity index (χ1v) is 2.49. The monoisotopic (exact) mass is 133 g/mol. The molecule has 52 valence electrons. The van der Waals surface area contributed by atoms with Gasteiger partial charge >= 0.3 is 0 Å². The fraction of sp³-hybridized carbons (Fsp3) is 0.333. The Hall–Kier alpha value is -0.860. The van der Waals surface area contributed by atoms with E-state index in [4.69, 9.17) is 5.73 Å². The van der Waals surface area contributed by atoms with Crippen molar-refractivity contribution in [3.63, 3.8) is 0 Å². The van der Waals surface area contributed by atoms with Crippen molar-refractivity contribution in [2.24, 2.45) is 5.73 Å². The largest absolute Gasteiger partial charge is 0.402 e. The van der Waals surface area contributed by atoms with E-state index in [-0.39, 0.29) is 5.70 Å². The van der Waals surface area contributed by atoms with Crippen LogP contribution in [0, 0.1) is 0 Å². The van der Waals surface area contributed by atoms with E-state index in [1.54, 1.807) is 0 Å². The molecule has 0 bridgehead atoms. The van der Waals surface area contributed by atoms with E-state index in [1.807, 2.05) is 0 Å². The summed E-state index contributed by atoms with van der Waals surface area (Å²) in [6, 6.07) is 0. The van der Waals surface area contributed by atoms with Gasteiger partial charge in [0.2, 0.25) is 0 Å². The summed E-state index contributed by atoms with van der Waals surface area (Å²) in [4.78, 5) is 0. The van der Waals surface area contributed by atoms with Crippen LogP contribution >= 0.6 is 0 Å². The van der Waals surface area contributed by atoms with Crippen LogP contribution in [-0.2, 0) is 0 Å². The molecule has 0 spiro atoms. The zero-order valence-electron chi connectivity index (χ0n) is 5.41. The van der Waals surface area contributed by atoms with Gasteiger partial charge in [-0.05, 0) is 19.9 Å². The van der Waals surface area contributed by atoms with Gasteiger partial charge in [0.25, 0.3) is 0 Å². The molecule has 0 saturated carbocycles. The molecule has 0 atom stereocenters. The molecule has 0 amide bonds. The molecule has 0 unspecified atom stereocenters. The molecule has 0 saturated heterocycles. The number of allylic oxidation sites excluding steroid dienone is 4.